The summed E-state index contributed by atoms with van der Waals surface area (Å²) in [6.45, 7) is 4.01. The van der Waals surface area contributed by atoms with Crippen molar-refractivity contribution in [2.45, 2.75) is 38.0 Å². The van der Waals surface area contributed by atoms with Gasteiger partial charge in [0.25, 0.3) is 0 Å². The number of hydrogen-bond donors (Lipinski definition) is 2. The molecule has 1 aromatic carbocycles. The van der Waals surface area contributed by atoms with E-state index in [-0.39, 0.29) is 24.8 Å². The SMILES string of the molecule is CCOC(=O)[C@@H]1CS[C@H](CC(=O)Nc2ccccc2CC)C(=O)N1. The molecule has 6 nitrogen and oxygen atoms in total. The van der Waals surface area contributed by atoms with Crippen molar-refractivity contribution in [2.75, 3.05) is 17.7 Å². The van der Waals surface area contributed by atoms with E-state index in [4.69, 9.17) is 4.74 Å². The average Bonchev–Trinajstić information content (AvgIpc) is 2.57. The van der Waals surface area contributed by atoms with Crippen LogP contribution in [0.1, 0.15) is 25.8 Å². The summed E-state index contributed by atoms with van der Waals surface area (Å²) in [5, 5.41) is 4.99. The van der Waals surface area contributed by atoms with E-state index in [0.29, 0.717) is 5.75 Å². The zero-order valence-corrected chi connectivity index (χ0v) is 14.7. The molecule has 2 atom stereocenters. The number of rotatable bonds is 6. The Morgan fingerprint density at radius 1 is 1.33 bits per heavy atom. The number of para-hydroxylation sites is 1. The molecule has 24 heavy (non-hydrogen) atoms. The van der Waals surface area contributed by atoms with Crippen molar-refractivity contribution in [2.24, 2.45) is 0 Å². The van der Waals surface area contributed by atoms with Gasteiger partial charge in [0.15, 0.2) is 0 Å². The van der Waals surface area contributed by atoms with Gasteiger partial charge in [-0.3, -0.25) is 9.59 Å². The molecule has 1 saturated heterocycles. The first-order valence-electron chi connectivity index (χ1n) is 8.01. The summed E-state index contributed by atoms with van der Waals surface area (Å²) in [6, 6.07) is 6.96. The van der Waals surface area contributed by atoms with Crippen molar-refractivity contribution in [3.05, 3.63) is 29.8 Å². The Hall–Kier alpha value is -2.02. The zero-order valence-electron chi connectivity index (χ0n) is 13.8. The first-order chi connectivity index (χ1) is 11.5. The van der Waals surface area contributed by atoms with Gasteiger partial charge in [-0.1, -0.05) is 25.1 Å². The van der Waals surface area contributed by atoms with Crippen LogP contribution in [-0.4, -0.2) is 41.4 Å². The van der Waals surface area contributed by atoms with Gasteiger partial charge >= 0.3 is 5.97 Å². The summed E-state index contributed by atoms with van der Waals surface area (Å²) in [5.74, 6) is -0.534. The van der Waals surface area contributed by atoms with Gasteiger partial charge < -0.3 is 15.4 Å². The van der Waals surface area contributed by atoms with Gasteiger partial charge in [0.1, 0.15) is 6.04 Å². The van der Waals surface area contributed by atoms with Crippen molar-refractivity contribution in [3.63, 3.8) is 0 Å². The van der Waals surface area contributed by atoms with E-state index in [2.05, 4.69) is 10.6 Å². The molecule has 0 radical (unpaired) electrons. The number of anilines is 1. The van der Waals surface area contributed by atoms with Crippen LogP contribution in [0.25, 0.3) is 0 Å². The minimum absolute atomic E-state index is 0.0735. The molecule has 0 aromatic heterocycles. The molecular weight excluding hydrogens is 328 g/mol. The average molecular weight is 350 g/mol. The number of benzene rings is 1. The molecular formula is C17H22N2O4S. The Morgan fingerprint density at radius 2 is 2.08 bits per heavy atom. The first kappa shape index (κ1) is 18.3. The predicted molar refractivity (Wildman–Crippen MR) is 93.9 cm³/mol. The molecule has 1 aliphatic rings. The summed E-state index contributed by atoms with van der Waals surface area (Å²) in [7, 11) is 0. The number of esters is 1. The number of ether oxygens (including phenoxy) is 1. The molecule has 0 saturated carbocycles. The molecule has 2 N–H and O–H groups in total. The third kappa shape index (κ3) is 4.74. The van der Waals surface area contributed by atoms with E-state index >= 15 is 0 Å². The number of nitrogens with one attached hydrogen (secondary N) is 2. The Balaban J connectivity index is 1.89. The largest absolute Gasteiger partial charge is 0.464 e. The lowest BCUT2D eigenvalue weighted by molar-refractivity contribution is -0.146. The molecule has 0 spiro atoms. The van der Waals surface area contributed by atoms with Crippen LogP contribution in [0.4, 0.5) is 5.69 Å². The summed E-state index contributed by atoms with van der Waals surface area (Å²) >= 11 is 1.31. The molecule has 0 unspecified atom stereocenters. The Morgan fingerprint density at radius 3 is 2.75 bits per heavy atom. The van der Waals surface area contributed by atoms with E-state index in [1.165, 1.54) is 11.8 Å². The highest BCUT2D eigenvalue weighted by atomic mass is 32.2. The lowest BCUT2D eigenvalue weighted by Gasteiger charge is -2.27. The minimum Gasteiger partial charge on any atom is -0.464 e. The van der Waals surface area contributed by atoms with E-state index in [0.717, 1.165) is 17.7 Å². The number of thioether (sulfide) groups is 1. The van der Waals surface area contributed by atoms with Crippen LogP contribution < -0.4 is 10.6 Å². The fraction of sp³-hybridized carbons (Fsp3) is 0.471. The Labute approximate surface area is 145 Å². The van der Waals surface area contributed by atoms with Crippen LogP contribution in [0, 0.1) is 0 Å². The van der Waals surface area contributed by atoms with Crippen LogP contribution in [-0.2, 0) is 25.5 Å². The molecule has 130 valence electrons. The molecule has 1 aliphatic heterocycles. The molecule has 2 rings (SSSR count). The van der Waals surface area contributed by atoms with Gasteiger partial charge in [-0.25, -0.2) is 4.79 Å². The lowest BCUT2D eigenvalue weighted by atomic mass is 10.1. The summed E-state index contributed by atoms with van der Waals surface area (Å²) in [5.41, 5.74) is 1.82. The third-order valence-electron chi connectivity index (χ3n) is 3.69. The molecule has 1 fully saturated rings. The van der Waals surface area contributed by atoms with Crippen LogP contribution in [0.15, 0.2) is 24.3 Å². The maximum atomic E-state index is 12.2. The van der Waals surface area contributed by atoms with Gasteiger partial charge in [0.2, 0.25) is 11.8 Å². The summed E-state index contributed by atoms with van der Waals surface area (Å²) < 4.78 is 4.90. The van der Waals surface area contributed by atoms with Crippen molar-refractivity contribution in [1.29, 1.82) is 0 Å². The smallest absolute Gasteiger partial charge is 0.329 e. The fourth-order valence-electron chi connectivity index (χ4n) is 2.44. The maximum Gasteiger partial charge on any atom is 0.329 e. The second-order valence-electron chi connectivity index (χ2n) is 5.40. The highest BCUT2D eigenvalue weighted by molar-refractivity contribution is 8.00. The van der Waals surface area contributed by atoms with Crippen molar-refractivity contribution in [3.8, 4) is 0 Å². The van der Waals surface area contributed by atoms with Gasteiger partial charge in [0, 0.05) is 17.9 Å². The normalized spacial score (nSPS) is 20.2. The third-order valence-corrected chi connectivity index (χ3v) is 5.00. The predicted octanol–water partition coefficient (Wildman–Crippen LogP) is 1.74. The highest BCUT2D eigenvalue weighted by Crippen LogP contribution is 2.23. The van der Waals surface area contributed by atoms with E-state index in [1.807, 2.05) is 31.2 Å². The van der Waals surface area contributed by atoms with Crippen LogP contribution in [0.3, 0.4) is 0 Å². The second-order valence-corrected chi connectivity index (χ2v) is 6.63. The number of carbonyl (C=O) groups is 3. The summed E-state index contributed by atoms with van der Waals surface area (Å²) in [4.78, 5) is 36.0. The van der Waals surface area contributed by atoms with Gasteiger partial charge in [-0.2, -0.15) is 0 Å². The number of carbonyl (C=O) groups excluding carboxylic acids is 3. The quantitative estimate of drug-likeness (QED) is 0.764. The van der Waals surface area contributed by atoms with Crippen molar-refractivity contribution in [1.82, 2.24) is 5.32 Å². The van der Waals surface area contributed by atoms with Crippen LogP contribution in [0.2, 0.25) is 0 Å². The Kier molecular flexibility index (Phi) is 6.66. The molecule has 7 heteroatoms. The molecule has 0 aliphatic carbocycles. The number of amides is 2. The van der Waals surface area contributed by atoms with E-state index < -0.39 is 17.3 Å². The Bertz CT molecular complexity index is 620. The van der Waals surface area contributed by atoms with E-state index in [9.17, 15) is 14.4 Å². The van der Waals surface area contributed by atoms with E-state index in [1.54, 1.807) is 6.92 Å². The maximum absolute atomic E-state index is 12.2. The van der Waals surface area contributed by atoms with Gasteiger partial charge in [0.05, 0.1) is 11.9 Å². The number of hydrogen-bond acceptors (Lipinski definition) is 5. The monoisotopic (exact) mass is 350 g/mol. The number of aryl methyl sites for hydroxylation is 1. The van der Waals surface area contributed by atoms with Crippen molar-refractivity contribution >= 4 is 35.2 Å². The standard InChI is InChI=1S/C17H22N2O4S/c1-3-11-7-5-6-8-12(11)18-15(20)9-14-16(21)19-13(10-24-14)17(22)23-4-2/h5-8,13-14H,3-4,9-10H2,1-2H3,(H,18,20)(H,19,21)/t13-,14+/m0/s1. The highest BCUT2D eigenvalue weighted by Gasteiger charge is 2.34. The molecule has 1 heterocycles. The minimum atomic E-state index is -0.637. The van der Waals surface area contributed by atoms with Gasteiger partial charge in [-0.15, -0.1) is 11.8 Å². The topological polar surface area (TPSA) is 84.5 Å². The van der Waals surface area contributed by atoms with Crippen molar-refractivity contribution < 1.29 is 19.1 Å². The second kappa shape index (κ2) is 8.73. The van der Waals surface area contributed by atoms with Gasteiger partial charge in [-0.05, 0) is 25.0 Å². The fourth-order valence-corrected chi connectivity index (χ4v) is 3.57. The molecule has 0 bridgehead atoms. The molecule has 1 aromatic rings. The van der Waals surface area contributed by atoms with Crippen LogP contribution in [0.5, 0.6) is 0 Å². The summed E-state index contributed by atoms with van der Waals surface area (Å²) in [6.07, 6.45) is 0.889. The molecule has 2 amide bonds. The lowest BCUT2D eigenvalue weighted by Crippen LogP contribution is -2.51. The first-order valence-corrected chi connectivity index (χ1v) is 9.06. The zero-order chi connectivity index (χ0) is 17.5. The van der Waals surface area contributed by atoms with Crippen LogP contribution >= 0.6 is 11.8 Å².